The van der Waals surface area contributed by atoms with Crippen LogP contribution in [-0.2, 0) is 16.1 Å². The molecule has 1 atom stereocenters. The Morgan fingerprint density at radius 1 is 1.00 bits per heavy atom. The molecule has 0 saturated carbocycles. The average Bonchev–Trinajstić information content (AvgIpc) is 3.16. The van der Waals surface area contributed by atoms with Crippen LogP contribution in [0.3, 0.4) is 0 Å². The van der Waals surface area contributed by atoms with Crippen molar-refractivity contribution in [2.45, 2.75) is 13.0 Å². The molecule has 2 aromatic rings. The van der Waals surface area contributed by atoms with E-state index in [9.17, 15) is 9.59 Å². The second-order valence-electron chi connectivity index (χ2n) is 7.66. The molecule has 2 aromatic carbocycles. The van der Waals surface area contributed by atoms with Crippen LogP contribution in [0.1, 0.15) is 12.0 Å². The first-order chi connectivity index (χ1) is 14.2. The predicted molar refractivity (Wildman–Crippen MR) is 112 cm³/mol. The van der Waals surface area contributed by atoms with Crippen LogP contribution in [0.2, 0.25) is 0 Å². The lowest BCUT2D eigenvalue weighted by atomic mass is 10.1. The molecular weight excluding hydrogens is 366 g/mol. The van der Waals surface area contributed by atoms with Crippen LogP contribution >= 0.6 is 0 Å². The van der Waals surface area contributed by atoms with Gasteiger partial charge in [-0.3, -0.25) is 14.5 Å². The standard InChI is InChI=1S/C23H27N3O3/c1-29-21-10-6-5-9-20(21)26-17-19(15-22(26)27)23(28)25-13-11-24(12-14-25)16-18-7-3-2-4-8-18/h2-10,19H,11-17H2,1H3. The second kappa shape index (κ2) is 8.66. The number of carbonyl (C=O) groups excluding carboxylic acids is 2. The molecule has 0 radical (unpaired) electrons. The molecule has 2 aliphatic heterocycles. The van der Waals surface area contributed by atoms with Crippen molar-refractivity contribution in [3.05, 3.63) is 60.2 Å². The van der Waals surface area contributed by atoms with Crippen molar-refractivity contribution in [3.8, 4) is 5.75 Å². The van der Waals surface area contributed by atoms with E-state index in [-0.39, 0.29) is 24.2 Å². The molecule has 29 heavy (non-hydrogen) atoms. The molecule has 2 amide bonds. The van der Waals surface area contributed by atoms with Gasteiger partial charge in [-0.2, -0.15) is 0 Å². The number of hydrogen-bond donors (Lipinski definition) is 0. The zero-order valence-corrected chi connectivity index (χ0v) is 16.8. The number of anilines is 1. The van der Waals surface area contributed by atoms with Gasteiger partial charge in [0.25, 0.3) is 0 Å². The number of carbonyl (C=O) groups is 2. The molecule has 2 saturated heterocycles. The van der Waals surface area contributed by atoms with Gasteiger partial charge in [-0.1, -0.05) is 42.5 Å². The number of methoxy groups -OCH3 is 1. The highest BCUT2D eigenvalue weighted by Gasteiger charge is 2.38. The highest BCUT2D eigenvalue weighted by molar-refractivity contribution is 6.01. The van der Waals surface area contributed by atoms with Gasteiger partial charge in [-0.25, -0.2) is 0 Å². The van der Waals surface area contributed by atoms with Crippen LogP contribution in [0.25, 0.3) is 0 Å². The van der Waals surface area contributed by atoms with Crippen LogP contribution in [0.5, 0.6) is 5.75 Å². The number of ether oxygens (including phenoxy) is 1. The largest absolute Gasteiger partial charge is 0.495 e. The molecular formula is C23H27N3O3. The van der Waals surface area contributed by atoms with Gasteiger partial charge < -0.3 is 14.5 Å². The summed E-state index contributed by atoms with van der Waals surface area (Å²) in [7, 11) is 1.59. The molecule has 0 aliphatic carbocycles. The number of nitrogens with zero attached hydrogens (tertiary/aromatic N) is 3. The van der Waals surface area contributed by atoms with Gasteiger partial charge in [-0.15, -0.1) is 0 Å². The van der Waals surface area contributed by atoms with E-state index in [1.165, 1.54) is 5.56 Å². The van der Waals surface area contributed by atoms with Gasteiger partial charge in [-0.05, 0) is 17.7 Å². The van der Waals surface area contributed by atoms with Gasteiger partial charge in [0, 0.05) is 45.7 Å². The summed E-state index contributed by atoms with van der Waals surface area (Å²) in [5.41, 5.74) is 2.03. The fraction of sp³-hybridized carbons (Fsp3) is 0.391. The topological polar surface area (TPSA) is 53.1 Å². The summed E-state index contributed by atoms with van der Waals surface area (Å²) in [5, 5.41) is 0. The molecule has 0 N–H and O–H groups in total. The number of para-hydroxylation sites is 2. The van der Waals surface area contributed by atoms with Crippen LogP contribution in [0.4, 0.5) is 5.69 Å². The maximum absolute atomic E-state index is 13.0. The summed E-state index contributed by atoms with van der Waals surface area (Å²) >= 11 is 0. The molecule has 0 aromatic heterocycles. The van der Waals surface area contributed by atoms with Crippen molar-refractivity contribution in [1.29, 1.82) is 0 Å². The maximum atomic E-state index is 13.0. The quantitative estimate of drug-likeness (QED) is 0.783. The smallest absolute Gasteiger partial charge is 0.228 e. The van der Waals surface area contributed by atoms with Crippen LogP contribution in [0, 0.1) is 5.92 Å². The van der Waals surface area contributed by atoms with Gasteiger partial charge in [0.05, 0.1) is 18.7 Å². The van der Waals surface area contributed by atoms with E-state index < -0.39 is 0 Å². The van der Waals surface area contributed by atoms with Crippen molar-refractivity contribution >= 4 is 17.5 Å². The van der Waals surface area contributed by atoms with Gasteiger partial charge >= 0.3 is 0 Å². The highest BCUT2D eigenvalue weighted by atomic mass is 16.5. The molecule has 2 aliphatic rings. The SMILES string of the molecule is COc1ccccc1N1CC(C(=O)N2CCN(Cc3ccccc3)CC2)CC1=O. The summed E-state index contributed by atoms with van der Waals surface area (Å²) in [4.78, 5) is 31.6. The maximum Gasteiger partial charge on any atom is 0.228 e. The van der Waals surface area contributed by atoms with Crippen LogP contribution in [-0.4, -0.2) is 61.4 Å². The molecule has 4 rings (SSSR count). The lowest BCUT2D eigenvalue weighted by Gasteiger charge is -2.36. The molecule has 0 bridgehead atoms. The summed E-state index contributed by atoms with van der Waals surface area (Å²) in [6, 6.07) is 17.9. The molecule has 152 valence electrons. The van der Waals surface area contributed by atoms with Crippen molar-refractivity contribution < 1.29 is 14.3 Å². The lowest BCUT2D eigenvalue weighted by molar-refractivity contribution is -0.137. The Hall–Kier alpha value is -2.86. The van der Waals surface area contributed by atoms with Gasteiger partial charge in [0.15, 0.2) is 0 Å². The van der Waals surface area contributed by atoms with Gasteiger partial charge in [0.2, 0.25) is 11.8 Å². The van der Waals surface area contributed by atoms with E-state index in [2.05, 4.69) is 29.2 Å². The van der Waals surface area contributed by atoms with Crippen LogP contribution in [0.15, 0.2) is 54.6 Å². The van der Waals surface area contributed by atoms with Crippen LogP contribution < -0.4 is 9.64 Å². The first-order valence-corrected chi connectivity index (χ1v) is 10.1. The number of rotatable bonds is 5. The Kier molecular flexibility index (Phi) is 5.81. The van der Waals surface area contributed by atoms with Crippen molar-refractivity contribution in [2.24, 2.45) is 5.92 Å². The predicted octanol–water partition coefficient (Wildman–Crippen LogP) is 2.39. The Bertz CT molecular complexity index is 863. The van der Waals surface area contributed by atoms with E-state index >= 15 is 0 Å². The van der Waals surface area contributed by atoms with E-state index in [1.807, 2.05) is 35.2 Å². The Morgan fingerprint density at radius 3 is 2.41 bits per heavy atom. The number of benzene rings is 2. The lowest BCUT2D eigenvalue weighted by Crippen LogP contribution is -2.50. The monoisotopic (exact) mass is 393 g/mol. The molecule has 1 unspecified atom stereocenters. The molecule has 2 heterocycles. The highest BCUT2D eigenvalue weighted by Crippen LogP contribution is 2.33. The summed E-state index contributed by atoms with van der Waals surface area (Å²) < 4.78 is 5.38. The van der Waals surface area contributed by atoms with Crippen molar-refractivity contribution in [2.75, 3.05) is 44.7 Å². The van der Waals surface area contributed by atoms with E-state index in [0.717, 1.165) is 25.3 Å². The minimum atomic E-state index is -0.284. The third kappa shape index (κ3) is 4.27. The number of piperazine rings is 1. The fourth-order valence-corrected chi connectivity index (χ4v) is 4.18. The number of hydrogen-bond acceptors (Lipinski definition) is 4. The summed E-state index contributed by atoms with van der Waals surface area (Å²) in [5.74, 6) is 0.447. The Morgan fingerprint density at radius 2 is 1.69 bits per heavy atom. The number of amides is 2. The van der Waals surface area contributed by atoms with Crippen molar-refractivity contribution in [3.63, 3.8) is 0 Å². The molecule has 6 heteroatoms. The minimum absolute atomic E-state index is 0.0180. The minimum Gasteiger partial charge on any atom is -0.495 e. The third-order valence-corrected chi connectivity index (χ3v) is 5.78. The van der Waals surface area contributed by atoms with Gasteiger partial charge in [0.1, 0.15) is 5.75 Å². The Labute approximate surface area is 171 Å². The molecule has 2 fully saturated rings. The zero-order valence-electron chi connectivity index (χ0n) is 16.8. The Balaban J connectivity index is 1.34. The second-order valence-corrected chi connectivity index (χ2v) is 7.66. The normalized spacial score (nSPS) is 20.2. The van der Waals surface area contributed by atoms with E-state index in [0.29, 0.717) is 25.4 Å². The summed E-state index contributed by atoms with van der Waals surface area (Å²) in [6.45, 7) is 4.47. The van der Waals surface area contributed by atoms with E-state index in [1.54, 1.807) is 12.0 Å². The fourth-order valence-electron chi connectivity index (χ4n) is 4.18. The van der Waals surface area contributed by atoms with Crippen molar-refractivity contribution in [1.82, 2.24) is 9.80 Å². The first kappa shape index (κ1) is 19.5. The third-order valence-electron chi connectivity index (χ3n) is 5.78. The zero-order chi connectivity index (χ0) is 20.2. The van der Waals surface area contributed by atoms with E-state index in [4.69, 9.17) is 4.74 Å². The molecule has 6 nitrogen and oxygen atoms in total. The first-order valence-electron chi connectivity index (χ1n) is 10.1. The molecule has 0 spiro atoms. The average molecular weight is 393 g/mol. The summed E-state index contributed by atoms with van der Waals surface area (Å²) in [6.07, 6.45) is 0.265.